The lowest BCUT2D eigenvalue weighted by Crippen LogP contribution is -2.37. The summed E-state index contributed by atoms with van der Waals surface area (Å²) < 4.78 is 0. The van der Waals surface area contributed by atoms with Crippen LogP contribution in [0, 0.1) is 6.92 Å². The highest BCUT2D eigenvalue weighted by Gasteiger charge is 2.24. The second-order valence-electron chi connectivity index (χ2n) is 6.12. The number of aryl methyl sites for hydroxylation is 1. The van der Waals surface area contributed by atoms with Gasteiger partial charge in [0.25, 0.3) is 0 Å². The number of nitrogens with one attached hydrogen (secondary N) is 2. The Kier molecular flexibility index (Phi) is 6.49. The third kappa shape index (κ3) is 5.44. The maximum atomic E-state index is 12.4. The Morgan fingerprint density at radius 3 is 2.08 bits per heavy atom. The first-order valence-electron chi connectivity index (χ1n) is 8.27. The molecular formula is C20H22N2O4. The minimum atomic E-state index is -1.14. The van der Waals surface area contributed by atoms with Crippen LogP contribution in [-0.2, 0) is 14.4 Å². The maximum Gasteiger partial charge on any atom is 0.330 e. The lowest BCUT2D eigenvalue weighted by atomic mass is 10.0. The van der Waals surface area contributed by atoms with Crippen LogP contribution in [0.25, 0.3) is 0 Å². The number of hydrogen-bond donors (Lipinski definition) is 3. The first-order chi connectivity index (χ1) is 12.4. The first kappa shape index (κ1) is 19.2. The largest absolute Gasteiger partial charge is 0.479 e. The summed E-state index contributed by atoms with van der Waals surface area (Å²) in [6.45, 7) is 3.32. The van der Waals surface area contributed by atoms with Gasteiger partial charge in [-0.2, -0.15) is 0 Å². The van der Waals surface area contributed by atoms with E-state index in [1.165, 1.54) is 6.92 Å². The summed E-state index contributed by atoms with van der Waals surface area (Å²) in [7, 11) is 0. The second kappa shape index (κ2) is 8.80. The molecule has 0 bridgehead atoms. The highest BCUT2D eigenvalue weighted by atomic mass is 16.4. The monoisotopic (exact) mass is 354 g/mol. The van der Waals surface area contributed by atoms with E-state index in [2.05, 4.69) is 10.6 Å². The summed E-state index contributed by atoms with van der Waals surface area (Å²) in [5.74, 6) is -1.86. The lowest BCUT2D eigenvalue weighted by molar-refractivity contribution is -0.142. The molecule has 2 aromatic carbocycles. The molecule has 0 aliphatic carbocycles. The van der Waals surface area contributed by atoms with Gasteiger partial charge >= 0.3 is 5.97 Å². The third-order valence-corrected chi connectivity index (χ3v) is 3.93. The van der Waals surface area contributed by atoms with Crippen LogP contribution >= 0.6 is 0 Å². The van der Waals surface area contributed by atoms with E-state index in [0.29, 0.717) is 5.56 Å². The Labute approximate surface area is 152 Å². The highest BCUT2D eigenvalue weighted by Crippen LogP contribution is 2.19. The molecule has 6 nitrogen and oxygen atoms in total. The predicted molar refractivity (Wildman–Crippen MR) is 97.3 cm³/mol. The third-order valence-electron chi connectivity index (χ3n) is 3.93. The lowest BCUT2D eigenvalue weighted by Gasteiger charge is -2.20. The van der Waals surface area contributed by atoms with Crippen molar-refractivity contribution in [2.24, 2.45) is 0 Å². The molecule has 0 heterocycles. The smallest absolute Gasteiger partial charge is 0.330 e. The average molecular weight is 354 g/mol. The minimum absolute atomic E-state index is 0.0563. The number of benzene rings is 2. The van der Waals surface area contributed by atoms with Crippen molar-refractivity contribution in [3.63, 3.8) is 0 Å². The fraction of sp³-hybridized carbons (Fsp3) is 0.250. The summed E-state index contributed by atoms with van der Waals surface area (Å²) in [5, 5.41) is 14.7. The quantitative estimate of drug-likeness (QED) is 0.712. The molecule has 1 unspecified atom stereocenters. The molecule has 136 valence electrons. The molecule has 26 heavy (non-hydrogen) atoms. The number of carboxylic acids is 1. The zero-order valence-electron chi connectivity index (χ0n) is 14.7. The molecule has 0 aliphatic heterocycles. The SMILES string of the molecule is CC(=O)NC(CC(=O)N[C@H](C(=O)O)c1ccccc1)c1ccc(C)cc1. The molecule has 6 heteroatoms. The summed E-state index contributed by atoms with van der Waals surface area (Å²) in [5.41, 5.74) is 2.34. The van der Waals surface area contributed by atoms with E-state index in [-0.39, 0.29) is 12.3 Å². The van der Waals surface area contributed by atoms with Crippen LogP contribution in [-0.4, -0.2) is 22.9 Å². The van der Waals surface area contributed by atoms with Crippen LogP contribution in [0.5, 0.6) is 0 Å². The molecule has 0 saturated heterocycles. The van der Waals surface area contributed by atoms with E-state index >= 15 is 0 Å². The summed E-state index contributed by atoms with van der Waals surface area (Å²) in [6.07, 6.45) is -0.0563. The highest BCUT2D eigenvalue weighted by molar-refractivity contribution is 5.85. The first-order valence-corrected chi connectivity index (χ1v) is 8.27. The molecule has 0 spiro atoms. The van der Waals surface area contributed by atoms with Gasteiger partial charge in [-0.3, -0.25) is 9.59 Å². The number of carbonyl (C=O) groups is 3. The Balaban J connectivity index is 2.14. The molecule has 2 aromatic rings. The number of hydrogen-bond acceptors (Lipinski definition) is 3. The summed E-state index contributed by atoms with van der Waals surface area (Å²) in [6, 6.07) is 14.3. The van der Waals surface area contributed by atoms with Crippen molar-refractivity contribution >= 4 is 17.8 Å². The van der Waals surface area contributed by atoms with Gasteiger partial charge in [0.15, 0.2) is 6.04 Å². The van der Waals surface area contributed by atoms with Gasteiger partial charge in [-0.1, -0.05) is 60.2 Å². The second-order valence-corrected chi connectivity index (χ2v) is 6.12. The van der Waals surface area contributed by atoms with Crippen LogP contribution in [0.4, 0.5) is 0 Å². The molecule has 2 rings (SSSR count). The molecule has 0 aromatic heterocycles. The van der Waals surface area contributed by atoms with Crippen LogP contribution < -0.4 is 10.6 Å². The van der Waals surface area contributed by atoms with Crippen molar-refractivity contribution in [2.75, 3.05) is 0 Å². The van der Waals surface area contributed by atoms with Crippen molar-refractivity contribution in [3.8, 4) is 0 Å². The normalized spacial score (nSPS) is 12.7. The van der Waals surface area contributed by atoms with E-state index in [1.807, 2.05) is 31.2 Å². The molecule has 2 atom stereocenters. The van der Waals surface area contributed by atoms with Crippen LogP contribution in [0.1, 0.15) is 42.1 Å². The molecule has 3 N–H and O–H groups in total. The van der Waals surface area contributed by atoms with E-state index < -0.39 is 24.0 Å². The Bertz CT molecular complexity index is 772. The minimum Gasteiger partial charge on any atom is -0.479 e. The topological polar surface area (TPSA) is 95.5 Å². The standard InChI is InChI=1S/C20H22N2O4/c1-13-8-10-15(11-9-13)17(21-14(2)23)12-18(24)22-19(20(25)26)16-6-4-3-5-7-16/h3-11,17,19H,12H2,1-2H3,(H,21,23)(H,22,24)(H,25,26)/t17?,19-/m0/s1. The summed E-state index contributed by atoms with van der Waals surface area (Å²) in [4.78, 5) is 35.5. The van der Waals surface area contributed by atoms with E-state index in [9.17, 15) is 19.5 Å². The van der Waals surface area contributed by atoms with Crippen molar-refractivity contribution in [1.29, 1.82) is 0 Å². The van der Waals surface area contributed by atoms with E-state index in [0.717, 1.165) is 11.1 Å². The number of amides is 2. The number of carboxylic acid groups (broad SMARTS) is 1. The average Bonchev–Trinajstić information content (AvgIpc) is 2.60. The predicted octanol–water partition coefficient (Wildman–Crippen LogP) is 2.50. The van der Waals surface area contributed by atoms with Gasteiger partial charge < -0.3 is 15.7 Å². The Morgan fingerprint density at radius 1 is 0.923 bits per heavy atom. The van der Waals surface area contributed by atoms with Gasteiger partial charge in [0.2, 0.25) is 11.8 Å². The number of carbonyl (C=O) groups excluding carboxylic acids is 2. The van der Waals surface area contributed by atoms with Gasteiger partial charge in [0, 0.05) is 6.92 Å². The van der Waals surface area contributed by atoms with Crippen molar-refractivity contribution in [1.82, 2.24) is 10.6 Å². The number of aliphatic carboxylic acids is 1. The van der Waals surface area contributed by atoms with Gasteiger partial charge in [-0.25, -0.2) is 4.79 Å². The number of rotatable bonds is 7. The van der Waals surface area contributed by atoms with Crippen LogP contribution in [0.3, 0.4) is 0 Å². The Hall–Kier alpha value is -3.15. The molecule has 0 fully saturated rings. The molecule has 0 aliphatic rings. The van der Waals surface area contributed by atoms with E-state index in [1.54, 1.807) is 30.3 Å². The molecular weight excluding hydrogens is 332 g/mol. The van der Waals surface area contributed by atoms with Crippen molar-refractivity contribution in [2.45, 2.75) is 32.4 Å². The van der Waals surface area contributed by atoms with Crippen molar-refractivity contribution in [3.05, 3.63) is 71.3 Å². The molecule has 0 radical (unpaired) electrons. The van der Waals surface area contributed by atoms with Gasteiger partial charge in [-0.15, -0.1) is 0 Å². The zero-order valence-corrected chi connectivity index (χ0v) is 14.7. The Morgan fingerprint density at radius 2 is 1.54 bits per heavy atom. The zero-order chi connectivity index (χ0) is 19.1. The fourth-order valence-corrected chi connectivity index (χ4v) is 2.63. The maximum absolute atomic E-state index is 12.4. The van der Waals surface area contributed by atoms with Crippen molar-refractivity contribution < 1.29 is 19.5 Å². The fourth-order valence-electron chi connectivity index (χ4n) is 2.63. The van der Waals surface area contributed by atoms with Crippen LogP contribution in [0.2, 0.25) is 0 Å². The van der Waals surface area contributed by atoms with Gasteiger partial charge in [0.05, 0.1) is 12.5 Å². The van der Waals surface area contributed by atoms with Crippen LogP contribution in [0.15, 0.2) is 54.6 Å². The van der Waals surface area contributed by atoms with E-state index in [4.69, 9.17) is 0 Å². The summed E-state index contributed by atoms with van der Waals surface area (Å²) >= 11 is 0. The van der Waals surface area contributed by atoms with Gasteiger partial charge in [0.1, 0.15) is 0 Å². The van der Waals surface area contributed by atoms with Gasteiger partial charge in [-0.05, 0) is 18.1 Å². The molecule has 2 amide bonds. The molecule has 0 saturated carbocycles.